The second-order valence-corrected chi connectivity index (χ2v) is 8.45. The van der Waals surface area contributed by atoms with E-state index in [2.05, 4.69) is 15.0 Å². The third kappa shape index (κ3) is 5.44. The summed E-state index contributed by atoms with van der Waals surface area (Å²) in [5.41, 5.74) is 1.14. The molecule has 3 aromatic carbocycles. The van der Waals surface area contributed by atoms with Gasteiger partial charge in [0.15, 0.2) is 0 Å². The lowest BCUT2D eigenvalue weighted by Crippen LogP contribution is -2.62. The topological polar surface area (TPSA) is 158 Å². The van der Waals surface area contributed by atoms with Gasteiger partial charge in [-0.25, -0.2) is 0 Å². The van der Waals surface area contributed by atoms with Crippen LogP contribution in [0.15, 0.2) is 87.8 Å². The van der Waals surface area contributed by atoms with Gasteiger partial charge in [-0.1, -0.05) is 36.4 Å². The number of aliphatic imine (C=N–C) groups is 3. The Balaban J connectivity index is 1.69. The van der Waals surface area contributed by atoms with E-state index in [1.165, 1.54) is 36.8 Å². The molecule has 0 aliphatic heterocycles. The van der Waals surface area contributed by atoms with E-state index in [1.54, 1.807) is 54.6 Å². The normalized spacial score (nSPS) is 26.8. The second-order valence-electron chi connectivity index (χ2n) is 8.45. The van der Waals surface area contributed by atoms with E-state index in [-0.39, 0.29) is 17.2 Å². The largest absolute Gasteiger partial charge is 0.507 e. The highest BCUT2D eigenvalue weighted by atomic mass is 16.3. The van der Waals surface area contributed by atoms with Gasteiger partial charge in [-0.15, -0.1) is 0 Å². The van der Waals surface area contributed by atoms with Crippen LogP contribution in [-0.2, 0) is 0 Å². The molecule has 0 heterocycles. The summed E-state index contributed by atoms with van der Waals surface area (Å²) in [7, 11) is 0. The maximum absolute atomic E-state index is 11.0. The van der Waals surface area contributed by atoms with Gasteiger partial charge >= 0.3 is 0 Å². The van der Waals surface area contributed by atoms with Crippen LogP contribution in [0.1, 0.15) is 16.7 Å². The van der Waals surface area contributed by atoms with Gasteiger partial charge in [-0.2, -0.15) is 0 Å². The molecule has 0 bridgehead atoms. The average Bonchev–Trinajstić information content (AvgIpc) is 2.87. The van der Waals surface area contributed by atoms with E-state index in [0.717, 1.165) is 0 Å². The Morgan fingerprint density at radius 1 is 0.444 bits per heavy atom. The fourth-order valence-electron chi connectivity index (χ4n) is 4.03. The number of benzene rings is 3. The van der Waals surface area contributed by atoms with Crippen molar-refractivity contribution in [2.75, 3.05) is 0 Å². The first-order chi connectivity index (χ1) is 17.4. The van der Waals surface area contributed by atoms with Gasteiger partial charge in [0.2, 0.25) is 0 Å². The van der Waals surface area contributed by atoms with Crippen molar-refractivity contribution in [1.29, 1.82) is 0 Å². The summed E-state index contributed by atoms with van der Waals surface area (Å²) in [5, 5.41) is 63.3. The van der Waals surface area contributed by atoms with Crippen LogP contribution >= 0.6 is 0 Å². The van der Waals surface area contributed by atoms with Crippen molar-refractivity contribution in [2.45, 2.75) is 36.4 Å². The maximum Gasteiger partial charge on any atom is 0.124 e. The minimum Gasteiger partial charge on any atom is -0.507 e. The van der Waals surface area contributed by atoms with E-state index < -0.39 is 36.4 Å². The molecule has 1 aliphatic rings. The first kappa shape index (κ1) is 25.1. The number of phenolic OH excluding ortho intramolecular Hbond substituents is 3. The number of hydrogen-bond donors (Lipinski definition) is 6. The van der Waals surface area contributed by atoms with Crippen LogP contribution in [0.4, 0.5) is 0 Å². The monoisotopic (exact) mass is 489 g/mol. The van der Waals surface area contributed by atoms with E-state index in [0.29, 0.717) is 16.7 Å². The van der Waals surface area contributed by atoms with Gasteiger partial charge in [0.25, 0.3) is 0 Å². The molecule has 3 aromatic rings. The molecule has 9 heteroatoms. The van der Waals surface area contributed by atoms with Crippen LogP contribution in [0, 0.1) is 0 Å². The summed E-state index contributed by atoms with van der Waals surface area (Å²) in [6.45, 7) is 0. The van der Waals surface area contributed by atoms with Gasteiger partial charge in [0, 0.05) is 35.3 Å². The number of para-hydroxylation sites is 3. The van der Waals surface area contributed by atoms with Crippen LogP contribution in [-0.4, -0.2) is 85.7 Å². The number of nitrogens with zero attached hydrogens (tertiary/aromatic N) is 3. The first-order valence-electron chi connectivity index (χ1n) is 11.3. The predicted octanol–water partition coefficient (Wildman–Crippen LogP) is 1.66. The van der Waals surface area contributed by atoms with E-state index in [9.17, 15) is 30.6 Å². The van der Waals surface area contributed by atoms with Crippen molar-refractivity contribution >= 4 is 18.6 Å². The number of aromatic hydroxyl groups is 3. The molecule has 6 N–H and O–H groups in total. The van der Waals surface area contributed by atoms with Gasteiger partial charge < -0.3 is 30.6 Å². The predicted molar refractivity (Wildman–Crippen MR) is 136 cm³/mol. The quantitative estimate of drug-likeness (QED) is 0.289. The van der Waals surface area contributed by atoms with Crippen LogP contribution in [0.2, 0.25) is 0 Å². The SMILES string of the molecule is Oc1ccccc1C=NC1C(O)C(N=Cc2ccccc2O)C(O)C(N=Cc2ccccc2O)C1O. The highest BCUT2D eigenvalue weighted by Crippen LogP contribution is 2.29. The number of phenols is 3. The molecule has 0 radical (unpaired) electrons. The molecule has 1 saturated carbocycles. The summed E-state index contributed by atoms with van der Waals surface area (Å²) in [4.78, 5) is 12.9. The minimum atomic E-state index is -1.41. The summed E-state index contributed by atoms with van der Waals surface area (Å²) >= 11 is 0. The van der Waals surface area contributed by atoms with Gasteiger partial charge in [-0.05, 0) is 36.4 Å². The zero-order valence-electron chi connectivity index (χ0n) is 19.1. The standard InChI is InChI=1S/C27H27N3O6/c31-19-10-4-1-7-16(19)13-28-22-25(34)23(29-14-17-8-2-5-11-20(17)32)27(36)24(26(22)35)30-15-18-9-3-6-12-21(18)33/h1-15,22-27,31-36H. The summed E-state index contributed by atoms with van der Waals surface area (Å²) in [6, 6.07) is 16.0. The van der Waals surface area contributed by atoms with Gasteiger partial charge in [-0.3, -0.25) is 15.0 Å². The first-order valence-corrected chi connectivity index (χ1v) is 11.3. The van der Waals surface area contributed by atoms with E-state index >= 15 is 0 Å². The third-order valence-corrected chi connectivity index (χ3v) is 6.07. The van der Waals surface area contributed by atoms with Crippen molar-refractivity contribution in [3.8, 4) is 17.2 Å². The second kappa shape index (κ2) is 11.1. The van der Waals surface area contributed by atoms with Crippen LogP contribution in [0.25, 0.3) is 0 Å². The molecule has 9 nitrogen and oxygen atoms in total. The number of rotatable bonds is 6. The van der Waals surface area contributed by atoms with Crippen molar-refractivity contribution in [3.63, 3.8) is 0 Å². The molecule has 0 spiro atoms. The molecule has 1 aliphatic carbocycles. The summed E-state index contributed by atoms with van der Waals surface area (Å²) < 4.78 is 0. The Bertz CT molecular complexity index is 1110. The molecular weight excluding hydrogens is 462 g/mol. The Hall–Kier alpha value is -4.05. The Morgan fingerprint density at radius 3 is 0.944 bits per heavy atom. The zero-order valence-corrected chi connectivity index (χ0v) is 19.1. The molecule has 0 unspecified atom stereocenters. The highest BCUT2D eigenvalue weighted by Gasteiger charge is 2.49. The lowest BCUT2D eigenvalue weighted by molar-refractivity contribution is -0.0674. The average molecular weight is 490 g/mol. The summed E-state index contributed by atoms with van der Waals surface area (Å²) in [6.07, 6.45) is -0.227. The van der Waals surface area contributed by atoms with Crippen LogP contribution in [0.5, 0.6) is 17.2 Å². The van der Waals surface area contributed by atoms with Crippen molar-refractivity contribution in [2.24, 2.45) is 15.0 Å². The zero-order chi connectivity index (χ0) is 25.7. The molecule has 0 aromatic heterocycles. The molecule has 1 fully saturated rings. The minimum absolute atomic E-state index is 0.0238. The Morgan fingerprint density at radius 2 is 0.694 bits per heavy atom. The molecule has 0 amide bonds. The number of aliphatic hydroxyl groups excluding tert-OH is 3. The molecule has 4 rings (SSSR count). The molecule has 0 saturated heterocycles. The molecular formula is C27H27N3O6. The fraction of sp³-hybridized carbons (Fsp3) is 0.222. The lowest BCUT2D eigenvalue weighted by atomic mass is 9.80. The van der Waals surface area contributed by atoms with Crippen molar-refractivity contribution in [3.05, 3.63) is 89.5 Å². The van der Waals surface area contributed by atoms with Crippen LogP contribution in [0.3, 0.4) is 0 Å². The van der Waals surface area contributed by atoms with E-state index in [4.69, 9.17) is 0 Å². The number of aliphatic hydroxyl groups is 3. The molecule has 0 atom stereocenters. The van der Waals surface area contributed by atoms with Crippen LogP contribution < -0.4 is 0 Å². The lowest BCUT2D eigenvalue weighted by Gasteiger charge is -2.41. The van der Waals surface area contributed by atoms with Gasteiger partial charge in [0.1, 0.15) is 53.7 Å². The Labute approximate surface area is 207 Å². The Kier molecular flexibility index (Phi) is 7.74. The van der Waals surface area contributed by atoms with Gasteiger partial charge in [0.05, 0.1) is 0 Å². The third-order valence-electron chi connectivity index (χ3n) is 6.07. The fourth-order valence-corrected chi connectivity index (χ4v) is 4.03. The highest BCUT2D eigenvalue weighted by molar-refractivity contribution is 5.85. The maximum atomic E-state index is 11.0. The van der Waals surface area contributed by atoms with Crippen molar-refractivity contribution in [1.82, 2.24) is 0 Å². The van der Waals surface area contributed by atoms with Crippen molar-refractivity contribution < 1.29 is 30.6 Å². The smallest absolute Gasteiger partial charge is 0.124 e. The molecule has 36 heavy (non-hydrogen) atoms. The number of hydrogen-bond acceptors (Lipinski definition) is 9. The summed E-state index contributed by atoms with van der Waals surface area (Å²) in [5.74, 6) is -0.0713. The molecule has 186 valence electrons. The van der Waals surface area contributed by atoms with E-state index in [1.807, 2.05) is 0 Å².